The number of carbonyl (C=O) groups is 2. The van der Waals surface area contributed by atoms with E-state index in [0.717, 1.165) is 23.5 Å². The van der Waals surface area contributed by atoms with Crippen LogP contribution in [0.5, 0.6) is 0 Å². The van der Waals surface area contributed by atoms with Gasteiger partial charge in [0.1, 0.15) is 11.8 Å². The molecule has 1 aliphatic rings. The maximum atomic E-state index is 12.9. The Bertz CT molecular complexity index is 1400. The molecule has 1 fully saturated rings. The van der Waals surface area contributed by atoms with Gasteiger partial charge in [0.15, 0.2) is 5.82 Å². The van der Waals surface area contributed by atoms with Gasteiger partial charge in [-0.15, -0.1) is 0 Å². The van der Waals surface area contributed by atoms with Crippen LogP contribution < -0.4 is 16.0 Å². The van der Waals surface area contributed by atoms with Crippen LogP contribution in [-0.4, -0.2) is 64.4 Å². The summed E-state index contributed by atoms with van der Waals surface area (Å²) >= 11 is 0. The molecule has 1 atom stereocenters. The zero-order valence-electron chi connectivity index (χ0n) is 20.2. The third kappa shape index (κ3) is 4.87. The minimum Gasteiger partial charge on any atom is -0.355 e. The van der Waals surface area contributed by atoms with Crippen molar-refractivity contribution in [3.8, 4) is 11.3 Å². The molecule has 1 saturated heterocycles. The van der Waals surface area contributed by atoms with Crippen molar-refractivity contribution < 1.29 is 9.59 Å². The Morgan fingerprint density at radius 1 is 0.972 bits per heavy atom. The monoisotopic (exact) mass is 481 g/mol. The van der Waals surface area contributed by atoms with E-state index in [-0.39, 0.29) is 11.8 Å². The van der Waals surface area contributed by atoms with E-state index >= 15 is 0 Å². The molecule has 36 heavy (non-hydrogen) atoms. The molecular weight excluding hydrogens is 454 g/mol. The summed E-state index contributed by atoms with van der Waals surface area (Å²) in [4.78, 5) is 40.1. The second kappa shape index (κ2) is 10.1. The zero-order chi connectivity index (χ0) is 25.1. The smallest absolute Gasteiger partial charge is 0.253 e. The fourth-order valence-corrected chi connectivity index (χ4v) is 4.26. The molecule has 4 aromatic rings. The van der Waals surface area contributed by atoms with Crippen LogP contribution in [0.1, 0.15) is 27.6 Å². The highest BCUT2D eigenvalue weighted by atomic mass is 16.2. The molecule has 3 heterocycles. The molecule has 5 rings (SSSR count). The largest absolute Gasteiger partial charge is 0.355 e. The fourth-order valence-electron chi connectivity index (χ4n) is 4.26. The molecule has 0 radical (unpaired) electrons. The van der Waals surface area contributed by atoms with Crippen molar-refractivity contribution in [2.45, 2.75) is 13.0 Å². The third-order valence-electron chi connectivity index (χ3n) is 6.20. The lowest BCUT2D eigenvalue weighted by Gasteiger charge is -2.32. The number of carbonyl (C=O) groups excluding carboxylic acids is 2. The van der Waals surface area contributed by atoms with Gasteiger partial charge in [-0.25, -0.2) is 15.0 Å². The summed E-state index contributed by atoms with van der Waals surface area (Å²) in [5, 5.41) is 9.24. The molecule has 9 nitrogen and oxygen atoms in total. The fraction of sp³-hybridized carbons (Fsp3) is 0.222. The summed E-state index contributed by atoms with van der Waals surface area (Å²) in [5.41, 5.74) is 5.00. The summed E-state index contributed by atoms with van der Waals surface area (Å²) in [6.45, 7) is 4.31. The van der Waals surface area contributed by atoms with E-state index in [1.807, 2.05) is 53.4 Å². The lowest BCUT2D eigenvalue weighted by Crippen LogP contribution is -2.51. The van der Waals surface area contributed by atoms with E-state index in [4.69, 9.17) is 4.98 Å². The Balaban J connectivity index is 1.38. The summed E-state index contributed by atoms with van der Waals surface area (Å²) < 4.78 is 0. The van der Waals surface area contributed by atoms with Crippen LogP contribution >= 0.6 is 0 Å². The van der Waals surface area contributed by atoms with Crippen LogP contribution in [0.3, 0.4) is 0 Å². The van der Waals surface area contributed by atoms with Crippen LogP contribution in [0, 0.1) is 0 Å². The molecule has 1 aliphatic heterocycles. The number of nitrogens with one attached hydrogen (secondary N) is 3. The quantitative estimate of drug-likeness (QED) is 0.401. The van der Waals surface area contributed by atoms with Gasteiger partial charge >= 0.3 is 0 Å². The molecule has 0 unspecified atom stereocenters. The van der Waals surface area contributed by atoms with E-state index in [9.17, 15) is 9.59 Å². The molecule has 3 N–H and O–H groups in total. The number of fused-ring (bicyclic) bond motifs is 1. The van der Waals surface area contributed by atoms with Gasteiger partial charge in [-0.2, -0.15) is 0 Å². The number of piperazine rings is 1. The number of nitrogens with zero attached hydrogens (tertiary/aromatic N) is 4. The number of pyridine rings is 1. The van der Waals surface area contributed by atoms with Gasteiger partial charge in [0.2, 0.25) is 0 Å². The van der Waals surface area contributed by atoms with Gasteiger partial charge in [0.25, 0.3) is 11.8 Å². The molecular formula is C27H27N7O2. The van der Waals surface area contributed by atoms with Crippen molar-refractivity contribution in [3.05, 3.63) is 78.1 Å². The minimum absolute atomic E-state index is 0.0451. The Morgan fingerprint density at radius 3 is 2.44 bits per heavy atom. The summed E-state index contributed by atoms with van der Waals surface area (Å²) in [5.74, 6) is 0.466. The molecule has 0 bridgehead atoms. The number of amides is 2. The second-order valence-corrected chi connectivity index (χ2v) is 8.75. The topological polar surface area (TPSA) is 112 Å². The van der Waals surface area contributed by atoms with Gasteiger partial charge < -0.3 is 20.9 Å². The highest BCUT2D eigenvalue weighted by Gasteiger charge is 2.21. The minimum atomic E-state index is -0.143. The second-order valence-electron chi connectivity index (χ2n) is 8.75. The first-order valence-corrected chi connectivity index (χ1v) is 11.9. The lowest BCUT2D eigenvalue weighted by atomic mass is 10.1. The van der Waals surface area contributed by atoms with Gasteiger partial charge in [-0.1, -0.05) is 12.1 Å². The van der Waals surface area contributed by atoms with Gasteiger partial charge in [0, 0.05) is 55.1 Å². The molecule has 2 aromatic heterocycles. The van der Waals surface area contributed by atoms with E-state index in [1.165, 1.54) is 6.33 Å². The van der Waals surface area contributed by atoms with E-state index in [0.29, 0.717) is 47.1 Å². The van der Waals surface area contributed by atoms with Crippen molar-refractivity contribution in [2.75, 3.05) is 32.0 Å². The Labute approximate surface area is 209 Å². The molecule has 2 amide bonds. The van der Waals surface area contributed by atoms with Crippen LogP contribution in [0.4, 0.5) is 11.5 Å². The average Bonchev–Trinajstić information content (AvgIpc) is 2.92. The molecule has 182 valence electrons. The van der Waals surface area contributed by atoms with Gasteiger partial charge in [0.05, 0.1) is 11.2 Å². The first-order chi connectivity index (χ1) is 17.5. The third-order valence-corrected chi connectivity index (χ3v) is 6.20. The highest BCUT2D eigenvalue weighted by molar-refractivity contribution is 5.95. The molecule has 9 heteroatoms. The van der Waals surface area contributed by atoms with E-state index in [2.05, 4.69) is 32.8 Å². The number of hydrogen-bond acceptors (Lipinski definition) is 7. The van der Waals surface area contributed by atoms with Crippen LogP contribution in [0.15, 0.2) is 67.0 Å². The van der Waals surface area contributed by atoms with E-state index in [1.54, 1.807) is 19.2 Å². The van der Waals surface area contributed by atoms with Crippen LogP contribution in [0.2, 0.25) is 0 Å². The number of benzene rings is 2. The molecule has 0 saturated carbocycles. The van der Waals surface area contributed by atoms with E-state index < -0.39 is 0 Å². The number of anilines is 2. The normalized spacial score (nSPS) is 15.5. The molecule has 0 aliphatic carbocycles. The van der Waals surface area contributed by atoms with Crippen LogP contribution in [0.25, 0.3) is 22.3 Å². The molecule has 0 spiro atoms. The number of aromatic nitrogens is 3. The Hall–Kier alpha value is -4.37. The first-order valence-electron chi connectivity index (χ1n) is 11.9. The summed E-state index contributed by atoms with van der Waals surface area (Å²) in [6, 6.07) is 18.8. The van der Waals surface area contributed by atoms with Crippen molar-refractivity contribution in [1.82, 2.24) is 30.5 Å². The maximum Gasteiger partial charge on any atom is 0.253 e. The lowest BCUT2D eigenvalue weighted by molar-refractivity contribution is 0.0709. The van der Waals surface area contributed by atoms with Crippen molar-refractivity contribution in [3.63, 3.8) is 0 Å². The van der Waals surface area contributed by atoms with Crippen LogP contribution in [-0.2, 0) is 0 Å². The summed E-state index contributed by atoms with van der Waals surface area (Å²) in [7, 11) is 1.60. The van der Waals surface area contributed by atoms with Gasteiger partial charge in [-0.05, 0) is 55.5 Å². The van der Waals surface area contributed by atoms with Crippen molar-refractivity contribution in [1.29, 1.82) is 0 Å². The first kappa shape index (κ1) is 23.4. The Morgan fingerprint density at radius 2 is 1.72 bits per heavy atom. The number of hydrogen-bond donors (Lipinski definition) is 3. The zero-order valence-corrected chi connectivity index (χ0v) is 20.2. The van der Waals surface area contributed by atoms with Gasteiger partial charge in [-0.3, -0.25) is 9.59 Å². The van der Waals surface area contributed by atoms with Crippen molar-refractivity contribution in [2.24, 2.45) is 0 Å². The highest BCUT2D eigenvalue weighted by Crippen LogP contribution is 2.26. The Kier molecular flexibility index (Phi) is 6.55. The maximum absolute atomic E-state index is 12.9. The van der Waals surface area contributed by atoms with Crippen molar-refractivity contribution >= 4 is 34.4 Å². The standard InChI is InChI=1S/C27H27N7O2/c1-17-15-34(14-13-29-17)27(36)20-5-3-18(4-6-20)22-11-12-23-24(33-22)25(31-16-30-23)32-21-9-7-19(8-10-21)26(35)28-2/h3-12,16-17,29H,13-15H2,1-2H3,(H,28,35)(H,30,31,32)/t17-/m0/s1. The molecule has 2 aromatic carbocycles. The average molecular weight is 482 g/mol. The number of rotatable bonds is 5. The SMILES string of the molecule is CNC(=O)c1ccc(Nc2ncnc3ccc(-c4ccc(C(=O)N5CCN[C@@H](C)C5)cc4)nc23)cc1. The predicted octanol–water partition coefficient (Wildman–Crippen LogP) is 3.23. The summed E-state index contributed by atoms with van der Waals surface area (Å²) in [6.07, 6.45) is 1.49. The predicted molar refractivity (Wildman–Crippen MR) is 139 cm³/mol.